The molecule has 130 valence electrons. The van der Waals surface area contributed by atoms with Crippen molar-refractivity contribution in [2.75, 3.05) is 11.9 Å². The van der Waals surface area contributed by atoms with E-state index < -0.39 is 18.0 Å². The van der Waals surface area contributed by atoms with Crippen LogP contribution in [0.1, 0.15) is 38.6 Å². The minimum absolute atomic E-state index is 0.0248. The van der Waals surface area contributed by atoms with Crippen LogP contribution in [-0.4, -0.2) is 45.1 Å². The molecule has 1 atom stereocenters. The molecule has 0 bridgehead atoms. The van der Waals surface area contributed by atoms with E-state index in [1.54, 1.807) is 0 Å². The number of benzene rings is 1. The number of nitrogens with zero attached hydrogens (tertiary/aromatic N) is 2. The van der Waals surface area contributed by atoms with Crippen LogP contribution < -0.4 is 5.32 Å². The molecule has 9 nitrogen and oxygen atoms in total. The van der Waals surface area contributed by atoms with E-state index in [-0.39, 0.29) is 42.0 Å². The lowest BCUT2D eigenvalue weighted by molar-refractivity contribution is 0.0698. The van der Waals surface area contributed by atoms with Crippen LogP contribution in [0, 0.1) is 11.3 Å². The number of aliphatic hydroxyl groups excluding tert-OH is 2. The molecule has 25 heavy (non-hydrogen) atoms. The number of hydrogen-bond donors (Lipinski definition) is 4. The second kappa shape index (κ2) is 8.05. The third kappa shape index (κ3) is 4.63. The average molecular weight is 345 g/mol. The second-order valence-corrected chi connectivity index (χ2v) is 5.18. The quantitative estimate of drug-likeness (QED) is 0.573. The number of nitriles is 1. The van der Waals surface area contributed by atoms with Gasteiger partial charge in [0.2, 0.25) is 0 Å². The van der Waals surface area contributed by atoms with Gasteiger partial charge in [-0.05, 0) is 24.6 Å². The zero-order chi connectivity index (χ0) is 18.4. The number of anilines is 1. The predicted octanol–water partition coefficient (Wildman–Crippen LogP) is 0.783. The lowest BCUT2D eigenvalue weighted by Crippen LogP contribution is -2.15. The molecule has 1 amide bonds. The molecule has 0 aliphatic heterocycles. The summed E-state index contributed by atoms with van der Waals surface area (Å²) in [5.74, 6) is -1.62. The number of hydrogen-bond acceptors (Lipinski definition) is 7. The highest BCUT2D eigenvalue weighted by molar-refractivity contribution is 6.06. The first-order chi connectivity index (χ1) is 11.9. The highest BCUT2D eigenvalue weighted by atomic mass is 16.5. The van der Waals surface area contributed by atoms with Crippen LogP contribution in [0.5, 0.6) is 0 Å². The van der Waals surface area contributed by atoms with Crippen LogP contribution in [0.25, 0.3) is 0 Å². The molecule has 0 saturated heterocycles. The van der Waals surface area contributed by atoms with E-state index in [1.807, 2.05) is 6.07 Å². The Morgan fingerprint density at radius 1 is 1.36 bits per heavy atom. The minimum Gasteiger partial charge on any atom is -0.478 e. The Kier molecular flexibility index (Phi) is 5.84. The molecule has 9 heteroatoms. The number of rotatable bonds is 7. The van der Waals surface area contributed by atoms with Crippen molar-refractivity contribution in [3.63, 3.8) is 0 Å². The highest BCUT2D eigenvalue weighted by Crippen LogP contribution is 2.19. The zero-order valence-corrected chi connectivity index (χ0v) is 13.0. The normalized spacial score (nSPS) is 11.6. The van der Waals surface area contributed by atoms with Crippen molar-refractivity contribution in [3.8, 4) is 6.07 Å². The summed E-state index contributed by atoms with van der Waals surface area (Å²) in [5.41, 5.74) is -0.102. The molecule has 1 aromatic heterocycles. The largest absolute Gasteiger partial charge is 0.478 e. The molecule has 2 aromatic rings. The SMILES string of the molecule is N#Cc1ccc(NC(=O)c2cc(CCC(O)CO)on2)c(C(=O)O)c1. The lowest BCUT2D eigenvalue weighted by Gasteiger charge is -2.07. The van der Waals surface area contributed by atoms with Crippen molar-refractivity contribution in [1.29, 1.82) is 5.26 Å². The Bertz CT molecular complexity index is 824. The molecule has 1 aromatic carbocycles. The number of carboxylic acids is 1. The number of aliphatic hydroxyl groups is 2. The zero-order valence-electron chi connectivity index (χ0n) is 13.0. The van der Waals surface area contributed by atoms with E-state index in [4.69, 9.17) is 14.9 Å². The number of carbonyl (C=O) groups is 2. The number of aryl methyl sites for hydroxylation is 1. The maximum absolute atomic E-state index is 12.2. The van der Waals surface area contributed by atoms with Gasteiger partial charge in [0.15, 0.2) is 5.69 Å². The van der Waals surface area contributed by atoms with Gasteiger partial charge in [0.05, 0.1) is 35.6 Å². The van der Waals surface area contributed by atoms with Crippen molar-refractivity contribution in [3.05, 3.63) is 46.8 Å². The van der Waals surface area contributed by atoms with Gasteiger partial charge in [-0.3, -0.25) is 4.79 Å². The maximum atomic E-state index is 12.2. The second-order valence-electron chi connectivity index (χ2n) is 5.18. The minimum atomic E-state index is -1.29. The smallest absolute Gasteiger partial charge is 0.337 e. The fourth-order valence-electron chi connectivity index (χ4n) is 2.02. The van der Waals surface area contributed by atoms with Gasteiger partial charge in [0, 0.05) is 12.5 Å². The summed E-state index contributed by atoms with van der Waals surface area (Å²) in [4.78, 5) is 23.4. The molecular weight excluding hydrogens is 330 g/mol. The van der Waals surface area contributed by atoms with Crippen LogP contribution in [0.15, 0.2) is 28.8 Å². The molecular formula is C16H15N3O6. The molecule has 0 aliphatic carbocycles. The van der Waals surface area contributed by atoms with Crippen molar-refractivity contribution < 1.29 is 29.4 Å². The molecule has 0 aliphatic rings. The Labute approximate surface area is 142 Å². The van der Waals surface area contributed by atoms with Gasteiger partial charge in [-0.25, -0.2) is 4.79 Å². The number of aromatic carboxylic acids is 1. The molecule has 0 fully saturated rings. The summed E-state index contributed by atoms with van der Waals surface area (Å²) in [6.07, 6.45) is -0.371. The average Bonchev–Trinajstić information content (AvgIpc) is 3.08. The molecule has 1 heterocycles. The molecule has 0 radical (unpaired) electrons. The van der Waals surface area contributed by atoms with E-state index >= 15 is 0 Å². The van der Waals surface area contributed by atoms with E-state index in [0.717, 1.165) is 6.07 Å². The fourth-order valence-corrected chi connectivity index (χ4v) is 2.02. The molecule has 2 rings (SSSR count). The van der Waals surface area contributed by atoms with Gasteiger partial charge >= 0.3 is 5.97 Å². The predicted molar refractivity (Wildman–Crippen MR) is 84.0 cm³/mol. The Morgan fingerprint density at radius 3 is 2.76 bits per heavy atom. The first-order valence-electron chi connectivity index (χ1n) is 7.28. The van der Waals surface area contributed by atoms with Gasteiger partial charge in [-0.2, -0.15) is 5.26 Å². The number of carboxylic acid groups (broad SMARTS) is 1. The monoisotopic (exact) mass is 345 g/mol. The Hall–Kier alpha value is -3.22. The first-order valence-corrected chi connectivity index (χ1v) is 7.28. The summed E-state index contributed by atoms with van der Waals surface area (Å²) >= 11 is 0. The number of amides is 1. The van der Waals surface area contributed by atoms with Gasteiger partial charge < -0.3 is 25.2 Å². The van der Waals surface area contributed by atoms with Gasteiger partial charge in [0.25, 0.3) is 5.91 Å². The first kappa shape index (κ1) is 18.1. The van der Waals surface area contributed by atoms with E-state index in [1.165, 1.54) is 18.2 Å². The molecule has 0 saturated carbocycles. The van der Waals surface area contributed by atoms with E-state index in [2.05, 4.69) is 10.5 Å². The van der Waals surface area contributed by atoms with Crippen molar-refractivity contribution in [2.45, 2.75) is 18.9 Å². The fraction of sp³-hybridized carbons (Fsp3) is 0.250. The van der Waals surface area contributed by atoms with Gasteiger partial charge in [0.1, 0.15) is 5.76 Å². The third-order valence-corrected chi connectivity index (χ3v) is 3.35. The summed E-state index contributed by atoms with van der Waals surface area (Å²) < 4.78 is 4.97. The van der Waals surface area contributed by atoms with Crippen LogP contribution in [0.3, 0.4) is 0 Å². The van der Waals surface area contributed by atoms with Gasteiger partial charge in [-0.15, -0.1) is 0 Å². The summed E-state index contributed by atoms with van der Waals surface area (Å²) in [6, 6.07) is 7.04. The highest BCUT2D eigenvalue weighted by Gasteiger charge is 2.17. The summed E-state index contributed by atoms with van der Waals surface area (Å²) in [5, 5.41) is 42.0. The van der Waals surface area contributed by atoms with Crippen molar-refractivity contribution >= 4 is 17.6 Å². The maximum Gasteiger partial charge on any atom is 0.337 e. The van der Waals surface area contributed by atoms with Crippen LogP contribution >= 0.6 is 0 Å². The Morgan fingerprint density at radius 2 is 2.12 bits per heavy atom. The third-order valence-electron chi connectivity index (χ3n) is 3.35. The molecule has 4 N–H and O–H groups in total. The van der Waals surface area contributed by atoms with E-state index in [0.29, 0.717) is 5.76 Å². The summed E-state index contributed by atoms with van der Waals surface area (Å²) in [7, 11) is 0. The topological polar surface area (TPSA) is 157 Å². The lowest BCUT2D eigenvalue weighted by atomic mass is 10.1. The van der Waals surface area contributed by atoms with E-state index in [9.17, 15) is 19.8 Å². The van der Waals surface area contributed by atoms with Crippen molar-refractivity contribution in [1.82, 2.24) is 5.16 Å². The number of aromatic nitrogens is 1. The Balaban J connectivity index is 2.11. The van der Waals surface area contributed by atoms with Crippen LogP contribution in [-0.2, 0) is 6.42 Å². The standard InChI is InChI=1S/C16H15N3O6/c17-7-9-1-4-13(12(5-9)16(23)24)18-15(22)14-6-11(25-19-14)3-2-10(21)8-20/h1,4-6,10,20-21H,2-3,8H2,(H,18,22)(H,23,24). The van der Waals surface area contributed by atoms with Gasteiger partial charge in [-0.1, -0.05) is 5.16 Å². The molecule has 1 unspecified atom stereocenters. The summed E-state index contributed by atoms with van der Waals surface area (Å²) in [6.45, 7) is -0.377. The number of carbonyl (C=O) groups excluding carboxylic acids is 1. The van der Waals surface area contributed by atoms with Crippen LogP contribution in [0.2, 0.25) is 0 Å². The number of nitrogens with one attached hydrogen (secondary N) is 1. The molecule has 0 spiro atoms. The van der Waals surface area contributed by atoms with Crippen LogP contribution in [0.4, 0.5) is 5.69 Å². The van der Waals surface area contributed by atoms with Crippen molar-refractivity contribution in [2.24, 2.45) is 0 Å².